The van der Waals surface area contributed by atoms with E-state index in [-0.39, 0.29) is 0 Å². The number of fused-ring (bicyclic) bond motifs is 16. The summed E-state index contributed by atoms with van der Waals surface area (Å²) in [5.74, 6) is 0. The van der Waals surface area contributed by atoms with Gasteiger partial charge in [0.2, 0.25) is 0 Å². The molecule has 118 heavy (non-hydrogen) atoms. The zero-order valence-corrected chi connectivity index (χ0v) is 66.8. The minimum Gasteiger partial charge on any atom is -0.311 e. The van der Waals surface area contributed by atoms with Crippen LogP contribution in [0.1, 0.15) is 27.8 Å². The van der Waals surface area contributed by atoms with E-state index in [1.165, 1.54) is 198 Å². The zero-order valence-electron chi connectivity index (χ0n) is 66.8. The van der Waals surface area contributed by atoms with Crippen LogP contribution in [0.25, 0.3) is 153 Å². The Hall–Kier alpha value is -15.0. The fourth-order valence-corrected chi connectivity index (χ4v) is 17.4. The van der Waals surface area contributed by atoms with E-state index >= 15 is 0 Å². The van der Waals surface area contributed by atoms with Crippen LogP contribution in [0, 0.1) is 34.6 Å². The van der Waals surface area contributed by atoms with E-state index in [1.807, 2.05) is 12.1 Å². The molecule has 0 radical (unpaired) electrons. The van der Waals surface area contributed by atoms with Crippen molar-refractivity contribution < 1.29 is 0 Å². The van der Waals surface area contributed by atoms with Gasteiger partial charge < -0.3 is 23.2 Å². The molecule has 0 spiro atoms. The maximum Gasteiger partial charge on any atom is 0.0546 e. The van der Waals surface area contributed by atoms with Crippen LogP contribution < -0.4 is 4.90 Å². The fraction of sp³-hybridized carbons (Fsp3) is 0.0442. The molecule has 0 aliphatic rings. The van der Waals surface area contributed by atoms with Crippen LogP contribution in [-0.4, -0.2) is 18.3 Å². The average Bonchev–Trinajstić information content (AvgIpc) is 1.57. The van der Waals surface area contributed by atoms with Crippen molar-refractivity contribution in [3.05, 3.63) is 465 Å². The number of aromatic nitrogens is 4. The first-order valence-corrected chi connectivity index (χ1v) is 40.7. The Bertz CT molecular complexity index is 7530. The first kappa shape index (κ1) is 73.2. The maximum absolute atomic E-state index is 2.43. The van der Waals surface area contributed by atoms with Gasteiger partial charge in [-0.05, 0) is 213 Å². The summed E-state index contributed by atoms with van der Waals surface area (Å²) in [6, 6.07) is 156. The molecule has 0 bridgehead atoms. The number of rotatable bonds is 8. The van der Waals surface area contributed by atoms with Crippen molar-refractivity contribution in [2.45, 2.75) is 34.6 Å². The SMILES string of the molecule is Cc1ccc(N(c2ccccc2)c2ccccc2)cc1.Cc1ccc2c(c1)c1ccccc1n2-c1cc2ccccc2c2ccccc12.Cc1ccc2c(c1)c1ccccc1n2-c1ccc(-c2ccccc2)cc1.Cc1ccc2c(c1)c1ccccc1n2-c1cccc2ccccc12.Cc1ccc2c(c1)c1ccccc1n2-c1ccccc1. The highest BCUT2D eigenvalue weighted by Gasteiger charge is 2.20. The molecule has 0 atom stereocenters. The van der Waals surface area contributed by atoms with Crippen molar-refractivity contribution in [3.63, 3.8) is 0 Å². The Morgan fingerprint density at radius 3 is 0.932 bits per heavy atom. The summed E-state index contributed by atoms with van der Waals surface area (Å²) in [6.45, 7) is 10.7. The Morgan fingerprint density at radius 1 is 0.161 bits per heavy atom. The molecule has 23 rings (SSSR count). The van der Waals surface area contributed by atoms with Crippen molar-refractivity contribution in [2.24, 2.45) is 0 Å². The molecule has 0 aliphatic heterocycles. The monoisotopic (exact) mass is 1510 g/mol. The summed E-state index contributed by atoms with van der Waals surface area (Å²) in [6.07, 6.45) is 0. The van der Waals surface area contributed by atoms with Crippen molar-refractivity contribution in [1.29, 1.82) is 0 Å². The molecule has 0 unspecified atom stereocenters. The first-order chi connectivity index (χ1) is 58.1. The van der Waals surface area contributed by atoms with Gasteiger partial charge in [-0.2, -0.15) is 0 Å². The summed E-state index contributed by atoms with van der Waals surface area (Å²) in [5, 5.41) is 18.2. The molecular weight excluding hydrogens is 1430 g/mol. The predicted octanol–water partition coefficient (Wildman–Crippen LogP) is 31.0. The van der Waals surface area contributed by atoms with Crippen LogP contribution in [0.4, 0.5) is 17.1 Å². The molecule has 564 valence electrons. The van der Waals surface area contributed by atoms with Crippen molar-refractivity contribution in [1.82, 2.24) is 18.3 Å². The molecule has 0 fully saturated rings. The summed E-state index contributed by atoms with van der Waals surface area (Å²) in [5.41, 5.74) is 27.4. The van der Waals surface area contributed by atoms with Gasteiger partial charge in [0.1, 0.15) is 0 Å². The molecule has 19 aromatic carbocycles. The second kappa shape index (κ2) is 32.1. The van der Waals surface area contributed by atoms with E-state index in [0.717, 1.165) is 0 Å². The molecule has 0 aliphatic carbocycles. The van der Waals surface area contributed by atoms with Gasteiger partial charge in [0, 0.05) is 82.3 Å². The third kappa shape index (κ3) is 14.0. The first-order valence-electron chi connectivity index (χ1n) is 40.7. The topological polar surface area (TPSA) is 23.0 Å². The Kier molecular flexibility index (Phi) is 19.9. The lowest BCUT2D eigenvalue weighted by molar-refractivity contribution is 1.18. The number of aryl methyl sites for hydroxylation is 5. The van der Waals surface area contributed by atoms with E-state index < -0.39 is 0 Å². The third-order valence-corrected chi connectivity index (χ3v) is 22.9. The van der Waals surface area contributed by atoms with Gasteiger partial charge in [-0.25, -0.2) is 0 Å². The van der Waals surface area contributed by atoms with Gasteiger partial charge in [-0.15, -0.1) is 0 Å². The van der Waals surface area contributed by atoms with Crippen LogP contribution in [0.15, 0.2) is 437 Å². The van der Waals surface area contributed by atoms with E-state index in [1.54, 1.807) is 0 Å². The highest BCUT2D eigenvalue weighted by molar-refractivity contribution is 6.16. The number of benzene rings is 19. The summed E-state index contributed by atoms with van der Waals surface area (Å²) < 4.78 is 9.52. The lowest BCUT2D eigenvalue weighted by atomic mass is 10.00. The number of hydrogen-bond donors (Lipinski definition) is 0. The molecule has 5 nitrogen and oxygen atoms in total. The molecular formula is C113H87N5. The average molecular weight is 1510 g/mol. The largest absolute Gasteiger partial charge is 0.311 e. The van der Waals surface area contributed by atoms with Gasteiger partial charge in [0.25, 0.3) is 0 Å². The highest BCUT2D eigenvalue weighted by atomic mass is 15.1. The molecule has 0 saturated carbocycles. The molecule has 4 heterocycles. The van der Waals surface area contributed by atoms with E-state index in [0.29, 0.717) is 0 Å². The maximum atomic E-state index is 2.43. The number of para-hydroxylation sites is 7. The quantitative estimate of drug-likeness (QED) is 0.139. The summed E-state index contributed by atoms with van der Waals surface area (Å²) >= 11 is 0. The van der Waals surface area contributed by atoms with Crippen molar-refractivity contribution >= 4 is 137 Å². The van der Waals surface area contributed by atoms with Crippen molar-refractivity contribution in [2.75, 3.05) is 4.90 Å². The summed E-state index contributed by atoms with van der Waals surface area (Å²) in [7, 11) is 0. The standard InChI is InChI=1S/C27H19N.C25H19N.C23H17N.C19H15N.C19H17N/c1-18-14-15-26-24(16-18)23-12-6-7-13-25(23)28(26)27-17-19-8-2-3-9-20(19)21-10-4-5-11-22(21)27;1-18-11-16-25-23(17-18)22-9-5-6-10-24(22)26(25)21-14-12-20(13-15-21)19-7-3-2-4-8-19;1-16-13-14-23-20(15-16)19-10-4-5-11-22(19)24(23)21-12-6-8-17-7-2-3-9-18(17)21;1-14-11-12-19-17(13-14)16-9-5-6-10-18(16)20(19)15-7-3-2-4-8-15;1-16-12-14-19(15-13-16)20(17-8-4-2-5-9-17)18-10-6-3-7-11-18/h2-17H,1H3;2-17H,1H3;2-15H,1H3;2-13H,1H3;2-15H,1H3. The molecule has 4 aromatic heterocycles. The second-order valence-corrected chi connectivity index (χ2v) is 30.7. The molecule has 0 N–H and O–H groups in total. The zero-order chi connectivity index (χ0) is 79.6. The minimum atomic E-state index is 1.17. The fourth-order valence-electron chi connectivity index (χ4n) is 17.4. The number of nitrogens with zero attached hydrogens (tertiary/aromatic N) is 5. The van der Waals surface area contributed by atoms with Crippen LogP contribution in [-0.2, 0) is 0 Å². The van der Waals surface area contributed by atoms with Gasteiger partial charge in [0.05, 0.1) is 55.5 Å². The van der Waals surface area contributed by atoms with Gasteiger partial charge in [0.15, 0.2) is 0 Å². The molecule has 23 aromatic rings. The van der Waals surface area contributed by atoms with E-state index in [2.05, 4.69) is 482 Å². The second-order valence-electron chi connectivity index (χ2n) is 30.7. The minimum absolute atomic E-state index is 1.17. The Morgan fingerprint density at radius 2 is 0.466 bits per heavy atom. The van der Waals surface area contributed by atoms with Gasteiger partial charge >= 0.3 is 0 Å². The van der Waals surface area contributed by atoms with Gasteiger partial charge in [-0.1, -0.05) is 319 Å². The van der Waals surface area contributed by atoms with Gasteiger partial charge in [-0.3, -0.25) is 0 Å². The molecule has 0 saturated heterocycles. The normalized spacial score (nSPS) is 11.3. The number of anilines is 3. The highest BCUT2D eigenvalue weighted by Crippen LogP contribution is 2.42. The van der Waals surface area contributed by atoms with Crippen LogP contribution in [0.3, 0.4) is 0 Å². The van der Waals surface area contributed by atoms with Crippen LogP contribution in [0.5, 0.6) is 0 Å². The third-order valence-electron chi connectivity index (χ3n) is 22.9. The predicted molar refractivity (Wildman–Crippen MR) is 506 cm³/mol. The van der Waals surface area contributed by atoms with Crippen LogP contribution >= 0.6 is 0 Å². The Balaban J connectivity index is 0.0000000986. The lowest BCUT2D eigenvalue weighted by Gasteiger charge is -2.25. The molecule has 5 heteroatoms. The van der Waals surface area contributed by atoms with Crippen LogP contribution in [0.2, 0.25) is 0 Å². The summed E-state index contributed by atoms with van der Waals surface area (Å²) in [4.78, 5) is 2.26. The van der Waals surface area contributed by atoms with E-state index in [9.17, 15) is 0 Å². The smallest absolute Gasteiger partial charge is 0.0546 e. The molecule has 0 amide bonds. The van der Waals surface area contributed by atoms with E-state index in [4.69, 9.17) is 0 Å². The van der Waals surface area contributed by atoms with Crippen molar-refractivity contribution in [3.8, 4) is 33.9 Å². The number of hydrogen-bond acceptors (Lipinski definition) is 1. The Labute approximate surface area is 688 Å². The lowest BCUT2D eigenvalue weighted by Crippen LogP contribution is -2.09.